The van der Waals surface area contributed by atoms with Gasteiger partial charge >= 0.3 is 0 Å². The summed E-state index contributed by atoms with van der Waals surface area (Å²) >= 11 is 6.00. The molecule has 0 fully saturated rings. The number of anilines is 1. The van der Waals surface area contributed by atoms with E-state index < -0.39 is 0 Å². The maximum Gasteiger partial charge on any atom is 0.253 e. The molecule has 1 heterocycles. The fourth-order valence-corrected chi connectivity index (χ4v) is 2.80. The molecular formula is C21H20ClN3O. The first-order valence-corrected chi connectivity index (χ1v) is 8.84. The predicted molar refractivity (Wildman–Crippen MR) is 105 cm³/mol. The van der Waals surface area contributed by atoms with Gasteiger partial charge in [-0.3, -0.25) is 9.78 Å². The zero-order valence-corrected chi connectivity index (χ0v) is 15.0. The first-order chi connectivity index (χ1) is 12.7. The van der Waals surface area contributed by atoms with Crippen molar-refractivity contribution < 1.29 is 4.79 Å². The third kappa shape index (κ3) is 5.33. The molecule has 2 N–H and O–H groups in total. The van der Waals surface area contributed by atoms with E-state index in [9.17, 15) is 4.79 Å². The van der Waals surface area contributed by atoms with Gasteiger partial charge < -0.3 is 10.6 Å². The number of nitrogens with one attached hydrogen (secondary N) is 2. The number of rotatable bonds is 7. The van der Waals surface area contributed by atoms with Gasteiger partial charge in [0, 0.05) is 30.5 Å². The van der Waals surface area contributed by atoms with E-state index in [-0.39, 0.29) is 5.91 Å². The molecule has 5 heteroatoms. The summed E-state index contributed by atoms with van der Waals surface area (Å²) in [5.74, 6) is -0.139. The van der Waals surface area contributed by atoms with Crippen LogP contribution in [-0.4, -0.2) is 17.4 Å². The molecule has 0 bridgehead atoms. The molecule has 1 amide bonds. The maximum absolute atomic E-state index is 12.3. The predicted octanol–water partition coefficient (Wildman–Crippen LogP) is 4.32. The van der Waals surface area contributed by atoms with Crippen LogP contribution in [0.3, 0.4) is 0 Å². The highest BCUT2D eigenvalue weighted by molar-refractivity contribution is 6.30. The molecule has 4 nitrogen and oxygen atoms in total. The molecule has 0 saturated heterocycles. The van der Waals surface area contributed by atoms with Gasteiger partial charge in [-0.15, -0.1) is 0 Å². The molecule has 132 valence electrons. The Hall–Kier alpha value is -2.85. The second-order valence-electron chi connectivity index (χ2n) is 5.94. The second kappa shape index (κ2) is 9.02. The van der Waals surface area contributed by atoms with Gasteiger partial charge in [-0.1, -0.05) is 54.1 Å². The van der Waals surface area contributed by atoms with Crippen LogP contribution in [0.4, 0.5) is 5.69 Å². The van der Waals surface area contributed by atoms with Crippen molar-refractivity contribution in [1.82, 2.24) is 10.3 Å². The summed E-state index contributed by atoms with van der Waals surface area (Å²) in [4.78, 5) is 16.5. The molecule has 0 radical (unpaired) electrons. The number of benzene rings is 2. The third-order valence-corrected chi connectivity index (χ3v) is 4.16. The minimum absolute atomic E-state index is 0.139. The standard InChI is InChI=1S/C21H20ClN3O/c22-19-8-4-7-16(11-19)9-10-24-20-12-18(14-23-15-20)21(26)25-13-17-5-2-1-3-6-17/h1-8,11-12,14-15,24H,9-10,13H2,(H,25,26). The highest BCUT2D eigenvalue weighted by Crippen LogP contribution is 2.12. The summed E-state index contributed by atoms with van der Waals surface area (Å²) < 4.78 is 0. The largest absolute Gasteiger partial charge is 0.383 e. The van der Waals surface area contributed by atoms with Crippen molar-refractivity contribution in [3.8, 4) is 0 Å². The SMILES string of the molecule is O=C(NCc1ccccc1)c1cncc(NCCc2cccc(Cl)c2)c1. The molecular weight excluding hydrogens is 346 g/mol. The highest BCUT2D eigenvalue weighted by Gasteiger charge is 2.07. The Morgan fingerprint density at radius 1 is 0.962 bits per heavy atom. The van der Waals surface area contributed by atoms with Crippen LogP contribution in [0.5, 0.6) is 0 Å². The maximum atomic E-state index is 12.3. The van der Waals surface area contributed by atoms with Crippen LogP contribution in [0.25, 0.3) is 0 Å². The van der Waals surface area contributed by atoms with Gasteiger partial charge in [0.25, 0.3) is 5.91 Å². The average Bonchev–Trinajstić information content (AvgIpc) is 2.67. The Bertz CT molecular complexity index is 868. The molecule has 0 atom stereocenters. The quantitative estimate of drug-likeness (QED) is 0.655. The van der Waals surface area contributed by atoms with Crippen LogP contribution in [0.2, 0.25) is 5.02 Å². The normalized spacial score (nSPS) is 10.3. The molecule has 3 rings (SSSR count). The van der Waals surface area contributed by atoms with Gasteiger partial charge in [0.1, 0.15) is 0 Å². The minimum atomic E-state index is -0.139. The van der Waals surface area contributed by atoms with Crippen LogP contribution < -0.4 is 10.6 Å². The van der Waals surface area contributed by atoms with Crippen molar-refractivity contribution in [3.63, 3.8) is 0 Å². The lowest BCUT2D eigenvalue weighted by atomic mass is 10.1. The Morgan fingerprint density at radius 2 is 1.77 bits per heavy atom. The van der Waals surface area contributed by atoms with Crippen LogP contribution in [-0.2, 0) is 13.0 Å². The fraction of sp³-hybridized carbons (Fsp3) is 0.143. The molecule has 3 aromatic rings. The number of amides is 1. The van der Waals surface area contributed by atoms with Gasteiger partial charge in [-0.25, -0.2) is 0 Å². The van der Waals surface area contributed by atoms with Gasteiger partial charge in [0.15, 0.2) is 0 Å². The van der Waals surface area contributed by atoms with E-state index in [0.29, 0.717) is 12.1 Å². The Kier molecular flexibility index (Phi) is 6.23. The number of pyridine rings is 1. The number of aromatic nitrogens is 1. The van der Waals surface area contributed by atoms with E-state index in [1.807, 2.05) is 60.7 Å². The van der Waals surface area contributed by atoms with Crippen molar-refractivity contribution >= 4 is 23.2 Å². The topological polar surface area (TPSA) is 54.0 Å². The summed E-state index contributed by atoms with van der Waals surface area (Å²) in [5.41, 5.74) is 3.58. The Labute approximate surface area is 158 Å². The summed E-state index contributed by atoms with van der Waals surface area (Å²) in [5, 5.41) is 6.94. The minimum Gasteiger partial charge on any atom is -0.383 e. The van der Waals surface area contributed by atoms with Gasteiger partial charge in [0.05, 0.1) is 11.3 Å². The fourth-order valence-electron chi connectivity index (χ4n) is 2.58. The number of nitrogens with zero attached hydrogens (tertiary/aromatic N) is 1. The van der Waals surface area contributed by atoms with E-state index in [4.69, 9.17) is 11.6 Å². The summed E-state index contributed by atoms with van der Waals surface area (Å²) in [7, 11) is 0. The number of carbonyl (C=O) groups is 1. The van der Waals surface area contributed by atoms with E-state index in [1.54, 1.807) is 12.4 Å². The number of carbonyl (C=O) groups excluding carboxylic acids is 1. The Balaban J connectivity index is 1.53. The van der Waals surface area contributed by atoms with Crippen molar-refractivity contribution in [3.05, 3.63) is 94.8 Å². The molecule has 0 unspecified atom stereocenters. The lowest BCUT2D eigenvalue weighted by Gasteiger charge is -2.09. The van der Waals surface area contributed by atoms with Crippen molar-refractivity contribution in [2.24, 2.45) is 0 Å². The zero-order valence-electron chi connectivity index (χ0n) is 14.3. The third-order valence-electron chi connectivity index (χ3n) is 3.93. The molecule has 0 aliphatic heterocycles. The van der Waals surface area contributed by atoms with E-state index >= 15 is 0 Å². The van der Waals surface area contributed by atoms with Gasteiger partial charge in [-0.05, 0) is 35.7 Å². The molecule has 0 spiro atoms. The monoisotopic (exact) mass is 365 g/mol. The van der Waals surface area contributed by atoms with Crippen molar-refractivity contribution in [2.75, 3.05) is 11.9 Å². The first-order valence-electron chi connectivity index (χ1n) is 8.46. The van der Waals surface area contributed by atoms with Gasteiger partial charge in [0.2, 0.25) is 0 Å². The molecule has 26 heavy (non-hydrogen) atoms. The van der Waals surface area contributed by atoms with E-state index in [0.717, 1.165) is 34.8 Å². The smallest absolute Gasteiger partial charge is 0.253 e. The molecule has 2 aromatic carbocycles. The van der Waals surface area contributed by atoms with E-state index in [1.165, 1.54) is 0 Å². The molecule has 0 saturated carbocycles. The van der Waals surface area contributed by atoms with Crippen LogP contribution >= 0.6 is 11.6 Å². The number of hydrogen-bond donors (Lipinski definition) is 2. The van der Waals surface area contributed by atoms with E-state index in [2.05, 4.69) is 15.6 Å². The molecule has 0 aliphatic rings. The number of halogens is 1. The molecule has 0 aliphatic carbocycles. The van der Waals surface area contributed by atoms with Crippen LogP contribution in [0.1, 0.15) is 21.5 Å². The van der Waals surface area contributed by atoms with Gasteiger partial charge in [-0.2, -0.15) is 0 Å². The van der Waals surface area contributed by atoms with Crippen LogP contribution in [0.15, 0.2) is 73.1 Å². The summed E-state index contributed by atoms with van der Waals surface area (Å²) in [6, 6.07) is 19.4. The average molecular weight is 366 g/mol. The van der Waals surface area contributed by atoms with Crippen molar-refractivity contribution in [2.45, 2.75) is 13.0 Å². The second-order valence-corrected chi connectivity index (χ2v) is 6.37. The first kappa shape index (κ1) is 18.0. The van der Waals surface area contributed by atoms with Crippen molar-refractivity contribution in [1.29, 1.82) is 0 Å². The molecule has 1 aromatic heterocycles. The summed E-state index contributed by atoms with van der Waals surface area (Å²) in [6.07, 6.45) is 4.12. The Morgan fingerprint density at radius 3 is 2.58 bits per heavy atom. The highest BCUT2D eigenvalue weighted by atomic mass is 35.5. The lowest BCUT2D eigenvalue weighted by molar-refractivity contribution is 0.0950. The zero-order chi connectivity index (χ0) is 18.2. The lowest BCUT2D eigenvalue weighted by Crippen LogP contribution is -2.23. The van der Waals surface area contributed by atoms with Crippen LogP contribution in [0, 0.1) is 0 Å². The number of hydrogen-bond acceptors (Lipinski definition) is 3. The summed E-state index contributed by atoms with van der Waals surface area (Å²) in [6.45, 7) is 1.23.